The average Bonchev–Trinajstić information content (AvgIpc) is 2.22. The maximum atomic E-state index is 11.4. The smallest absolute Gasteiger partial charge is 0.328 e. The lowest BCUT2D eigenvalue weighted by molar-refractivity contribution is -0.142. The minimum atomic E-state index is -1.25. The molecule has 0 rings (SSSR count). The summed E-state index contributed by atoms with van der Waals surface area (Å²) in [6.07, 6.45) is 0.829. The molecule has 0 aromatic heterocycles. The van der Waals surface area contributed by atoms with Gasteiger partial charge in [0.1, 0.15) is 5.54 Å². The Morgan fingerprint density at radius 1 is 1.33 bits per heavy atom. The molecule has 0 bridgehead atoms. The van der Waals surface area contributed by atoms with Gasteiger partial charge >= 0.3 is 12.0 Å². The molecule has 0 aromatic carbocycles. The zero-order chi connectivity index (χ0) is 14.3. The number of carboxylic acids is 1. The summed E-state index contributed by atoms with van der Waals surface area (Å²) in [7, 11) is 2.03. The lowest BCUT2D eigenvalue weighted by Crippen LogP contribution is -2.53. The van der Waals surface area contributed by atoms with Gasteiger partial charge in [0.15, 0.2) is 0 Å². The van der Waals surface area contributed by atoms with Gasteiger partial charge in [-0.1, -0.05) is 0 Å². The van der Waals surface area contributed by atoms with Crippen molar-refractivity contribution in [2.45, 2.75) is 45.7 Å². The highest BCUT2D eigenvalue weighted by atomic mass is 16.4. The molecule has 0 heterocycles. The molecular weight excluding hydrogens is 234 g/mol. The highest BCUT2D eigenvalue weighted by Gasteiger charge is 2.28. The quantitative estimate of drug-likeness (QED) is 0.593. The number of carbonyl (C=O) groups is 2. The molecule has 6 nitrogen and oxygen atoms in total. The fourth-order valence-corrected chi connectivity index (χ4v) is 1.17. The Bertz CT molecular complexity index is 290. The van der Waals surface area contributed by atoms with E-state index >= 15 is 0 Å². The molecule has 106 valence electrons. The van der Waals surface area contributed by atoms with Crippen LogP contribution >= 0.6 is 0 Å². The van der Waals surface area contributed by atoms with Gasteiger partial charge < -0.3 is 20.6 Å². The van der Waals surface area contributed by atoms with Crippen molar-refractivity contribution >= 4 is 12.0 Å². The molecule has 18 heavy (non-hydrogen) atoms. The molecule has 0 saturated heterocycles. The number of nitrogens with zero attached hydrogens (tertiary/aromatic N) is 1. The average molecular weight is 259 g/mol. The lowest BCUT2D eigenvalue weighted by atomic mass is 10.1. The number of rotatable bonds is 7. The van der Waals surface area contributed by atoms with Crippen molar-refractivity contribution in [3.63, 3.8) is 0 Å². The molecule has 0 spiro atoms. The number of urea groups is 1. The number of hydrogen-bond donors (Lipinski definition) is 3. The number of hydrogen-bond acceptors (Lipinski definition) is 3. The Morgan fingerprint density at radius 2 is 1.89 bits per heavy atom. The maximum absolute atomic E-state index is 11.4. The minimum Gasteiger partial charge on any atom is -0.480 e. The second kappa shape index (κ2) is 7.20. The Morgan fingerprint density at radius 3 is 2.33 bits per heavy atom. The first kappa shape index (κ1) is 16.7. The highest BCUT2D eigenvalue weighted by molar-refractivity contribution is 5.85. The minimum absolute atomic E-state index is 0.449. The second-order valence-corrected chi connectivity index (χ2v) is 5.24. The number of carbonyl (C=O) groups excluding carboxylic acids is 1. The monoisotopic (exact) mass is 259 g/mol. The standard InChI is InChI=1S/C12H25N3O3/c1-9(2)15(5)8-6-7-13-11(18)14-12(3,4)10(16)17/h9H,6-8H2,1-5H3,(H,16,17)(H2,13,14,18). The molecular formula is C12H25N3O3. The largest absolute Gasteiger partial charge is 0.480 e. The van der Waals surface area contributed by atoms with Gasteiger partial charge in [0.25, 0.3) is 0 Å². The van der Waals surface area contributed by atoms with Crippen LogP contribution in [0.4, 0.5) is 4.79 Å². The molecule has 2 amide bonds. The van der Waals surface area contributed by atoms with Gasteiger partial charge in [0, 0.05) is 12.6 Å². The van der Waals surface area contributed by atoms with Crippen molar-refractivity contribution in [2.75, 3.05) is 20.1 Å². The number of amides is 2. The molecule has 6 heteroatoms. The van der Waals surface area contributed by atoms with Crippen LogP contribution in [0.15, 0.2) is 0 Å². The Kier molecular flexibility index (Phi) is 6.68. The normalized spacial score (nSPS) is 11.7. The van der Waals surface area contributed by atoms with E-state index < -0.39 is 17.5 Å². The molecule has 0 saturated carbocycles. The Balaban J connectivity index is 3.82. The van der Waals surface area contributed by atoms with Gasteiger partial charge in [0.2, 0.25) is 0 Å². The van der Waals surface area contributed by atoms with Crippen LogP contribution in [0, 0.1) is 0 Å². The molecule has 0 aromatic rings. The number of nitrogens with one attached hydrogen (secondary N) is 2. The van der Waals surface area contributed by atoms with E-state index in [1.54, 1.807) is 0 Å². The third kappa shape index (κ3) is 6.44. The van der Waals surface area contributed by atoms with Gasteiger partial charge in [-0.15, -0.1) is 0 Å². The summed E-state index contributed by atoms with van der Waals surface area (Å²) in [5.41, 5.74) is -1.25. The zero-order valence-corrected chi connectivity index (χ0v) is 11.9. The van der Waals surface area contributed by atoms with Crippen molar-refractivity contribution in [2.24, 2.45) is 0 Å². The van der Waals surface area contributed by atoms with Crippen LogP contribution in [-0.2, 0) is 4.79 Å². The molecule has 0 unspecified atom stereocenters. The summed E-state index contributed by atoms with van der Waals surface area (Å²) in [5, 5.41) is 13.9. The van der Waals surface area contributed by atoms with Crippen LogP contribution in [0.2, 0.25) is 0 Å². The topological polar surface area (TPSA) is 81.7 Å². The van der Waals surface area contributed by atoms with E-state index in [0.717, 1.165) is 13.0 Å². The second-order valence-electron chi connectivity index (χ2n) is 5.24. The van der Waals surface area contributed by atoms with Gasteiger partial charge in [-0.2, -0.15) is 0 Å². The van der Waals surface area contributed by atoms with Crippen LogP contribution in [0.1, 0.15) is 34.1 Å². The number of carboxylic acid groups (broad SMARTS) is 1. The third-order valence-corrected chi connectivity index (χ3v) is 2.82. The Labute approximate surface area is 109 Å². The fourth-order valence-electron chi connectivity index (χ4n) is 1.17. The van der Waals surface area contributed by atoms with E-state index in [0.29, 0.717) is 12.6 Å². The molecule has 0 aliphatic rings. The lowest BCUT2D eigenvalue weighted by Gasteiger charge is -2.22. The maximum Gasteiger partial charge on any atom is 0.328 e. The third-order valence-electron chi connectivity index (χ3n) is 2.82. The summed E-state index contributed by atoms with van der Waals surface area (Å²) >= 11 is 0. The summed E-state index contributed by atoms with van der Waals surface area (Å²) in [6.45, 7) is 8.52. The van der Waals surface area contributed by atoms with Crippen LogP contribution in [0.25, 0.3) is 0 Å². The zero-order valence-electron chi connectivity index (χ0n) is 11.9. The first-order valence-corrected chi connectivity index (χ1v) is 6.16. The molecule has 0 fully saturated rings. The predicted molar refractivity (Wildman–Crippen MR) is 70.6 cm³/mol. The van der Waals surface area contributed by atoms with Crippen LogP contribution in [-0.4, -0.2) is 53.7 Å². The summed E-state index contributed by atoms with van der Waals surface area (Å²) in [6, 6.07) is 0.0272. The Hall–Kier alpha value is -1.30. The fraction of sp³-hybridized carbons (Fsp3) is 0.833. The van der Waals surface area contributed by atoms with Crippen LogP contribution in [0.5, 0.6) is 0 Å². The van der Waals surface area contributed by atoms with E-state index in [1.165, 1.54) is 13.8 Å². The van der Waals surface area contributed by atoms with Gasteiger partial charge in [-0.3, -0.25) is 0 Å². The van der Waals surface area contributed by atoms with Crippen molar-refractivity contribution in [3.8, 4) is 0 Å². The number of aliphatic carboxylic acids is 1. The van der Waals surface area contributed by atoms with E-state index in [2.05, 4.69) is 29.4 Å². The van der Waals surface area contributed by atoms with Gasteiger partial charge in [-0.05, 0) is 47.7 Å². The highest BCUT2D eigenvalue weighted by Crippen LogP contribution is 2.01. The van der Waals surface area contributed by atoms with E-state index in [1.807, 2.05) is 7.05 Å². The first-order valence-electron chi connectivity index (χ1n) is 6.16. The van der Waals surface area contributed by atoms with Crippen molar-refractivity contribution in [1.82, 2.24) is 15.5 Å². The summed E-state index contributed by atoms with van der Waals surface area (Å²) in [4.78, 5) is 24.4. The van der Waals surface area contributed by atoms with Crippen LogP contribution < -0.4 is 10.6 Å². The van der Waals surface area contributed by atoms with Crippen molar-refractivity contribution in [1.29, 1.82) is 0 Å². The van der Waals surface area contributed by atoms with E-state index in [4.69, 9.17) is 5.11 Å². The molecule has 0 aliphatic heterocycles. The summed E-state index contributed by atoms with van der Waals surface area (Å²) < 4.78 is 0. The van der Waals surface area contributed by atoms with Crippen molar-refractivity contribution in [3.05, 3.63) is 0 Å². The van der Waals surface area contributed by atoms with Crippen molar-refractivity contribution < 1.29 is 14.7 Å². The molecule has 0 atom stereocenters. The van der Waals surface area contributed by atoms with E-state index in [-0.39, 0.29) is 0 Å². The SMILES string of the molecule is CC(C)N(C)CCCNC(=O)NC(C)(C)C(=O)O. The molecule has 3 N–H and O–H groups in total. The first-order chi connectivity index (χ1) is 8.16. The summed E-state index contributed by atoms with van der Waals surface area (Å²) in [5.74, 6) is -1.06. The molecule has 0 aliphatic carbocycles. The molecule has 0 radical (unpaired) electrons. The van der Waals surface area contributed by atoms with Gasteiger partial charge in [-0.25, -0.2) is 9.59 Å². The predicted octanol–water partition coefficient (Wildman–Crippen LogP) is 0.879. The van der Waals surface area contributed by atoms with E-state index in [9.17, 15) is 9.59 Å². The van der Waals surface area contributed by atoms with Gasteiger partial charge in [0.05, 0.1) is 0 Å². The van der Waals surface area contributed by atoms with Crippen LogP contribution in [0.3, 0.4) is 0 Å².